The number of H-pyrrole nitrogens is 1. The summed E-state index contributed by atoms with van der Waals surface area (Å²) in [4.78, 5) is 2.95. The molecule has 3 heteroatoms. The Bertz CT molecular complexity index is 142. The average molecular weight is 162 g/mol. The summed E-state index contributed by atoms with van der Waals surface area (Å²) in [5, 5.41) is 0. The maximum Gasteiger partial charge on any atom is 0.242 e. The molecule has 1 N–H and O–H groups in total. The first kappa shape index (κ1) is 4.84. The van der Waals surface area contributed by atoms with Crippen LogP contribution in [0.25, 0.3) is 0 Å². The number of rotatable bonds is 0. The van der Waals surface area contributed by atoms with Gasteiger partial charge in [0.2, 0.25) is 10.9 Å². The Morgan fingerprint density at radius 1 is 1.86 bits per heavy atom. The minimum Gasteiger partial charge on any atom is -0.238 e. The van der Waals surface area contributed by atoms with Crippen molar-refractivity contribution in [2.75, 3.05) is 0 Å². The molecule has 0 aliphatic rings. The van der Waals surface area contributed by atoms with Gasteiger partial charge in [0.1, 0.15) is 6.20 Å². The highest BCUT2D eigenvalue weighted by Gasteiger charge is 1.92. The number of halogens is 1. The fourth-order valence-corrected chi connectivity index (χ4v) is 0.842. The molecule has 0 fully saturated rings. The maximum atomic E-state index is 3.26. The molecule has 1 aromatic rings. The van der Waals surface area contributed by atoms with Crippen LogP contribution in [-0.4, -0.2) is 4.98 Å². The molecule has 0 aliphatic heterocycles. The second kappa shape index (κ2) is 1.66. The maximum absolute atomic E-state index is 3.26. The summed E-state index contributed by atoms with van der Waals surface area (Å²) < 4.78 is 2.94. The van der Waals surface area contributed by atoms with E-state index < -0.39 is 0 Å². The molecule has 7 heavy (non-hydrogen) atoms. The lowest BCUT2D eigenvalue weighted by Crippen LogP contribution is -2.22. The Kier molecular flexibility index (Phi) is 1.15. The van der Waals surface area contributed by atoms with E-state index in [-0.39, 0.29) is 0 Å². The Morgan fingerprint density at radius 3 is 2.71 bits per heavy atom. The van der Waals surface area contributed by atoms with Crippen molar-refractivity contribution in [1.82, 2.24) is 4.98 Å². The lowest BCUT2D eigenvalue weighted by atomic mass is 10.9. The van der Waals surface area contributed by atoms with Gasteiger partial charge in [-0.05, 0) is 0 Å². The van der Waals surface area contributed by atoms with Crippen LogP contribution in [0.4, 0.5) is 0 Å². The van der Waals surface area contributed by atoms with Crippen molar-refractivity contribution >= 4 is 15.9 Å². The van der Waals surface area contributed by atoms with Crippen molar-refractivity contribution in [3.05, 3.63) is 17.1 Å². The third-order valence-electron chi connectivity index (χ3n) is 0.723. The Labute approximate surface area is 50.3 Å². The summed E-state index contributed by atoms with van der Waals surface area (Å²) in [5.74, 6) is 0. The number of imidazole rings is 1. The lowest BCUT2D eigenvalue weighted by molar-refractivity contribution is -0.670. The van der Waals surface area contributed by atoms with E-state index in [1.54, 1.807) is 0 Å². The summed E-state index contributed by atoms with van der Waals surface area (Å²) in [5.41, 5.74) is 0. The molecule has 0 amide bonds. The van der Waals surface area contributed by atoms with E-state index in [0.29, 0.717) is 0 Å². The summed E-state index contributed by atoms with van der Waals surface area (Å²) in [6.45, 7) is 0. The van der Waals surface area contributed by atoms with Crippen molar-refractivity contribution in [3.8, 4) is 0 Å². The fourth-order valence-electron chi connectivity index (χ4n) is 0.417. The summed E-state index contributed by atoms with van der Waals surface area (Å²) in [6, 6.07) is 0. The van der Waals surface area contributed by atoms with Gasteiger partial charge >= 0.3 is 0 Å². The molecule has 1 rings (SSSR count). The molecule has 0 spiro atoms. The molecule has 38 valence electrons. The largest absolute Gasteiger partial charge is 0.242 e. The van der Waals surface area contributed by atoms with Gasteiger partial charge in [-0.25, -0.2) is 9.55 Å². The minimum atomic E-state index is 1.01. The predicted octanol–water partition coefficient (Wildman–Crippen LogP) is 0.602. The third-order valence-corrected chi connectivity index (χ3v) is 1.16. The van der Waals surface area contributed by atoms with Crippen LogP contribution in [0.5, 0.6) is 0 Å². The van der Waals surface area contributed by atoms with E-state index in [1.165, 1.54) is 0 Å². The molecule has 0 saturated carbocycles. The number of hydrogen-bond acceptors (Lipinski definition) is 0. The van der Waals surface area contributed by atoms with Gasteiger partial charge in [-0.3, -0.25) is 0 Å². The molecule has 2 nitrogen and oxygen atoms in total. The van der Waals surface area contributed by atoms with E-state index in [0.717, 1.165) is 4.60 Å². The number of aryl methyl sites for hydroxylation is 1. The summed E-state index contributed by atoms with van der Waals surface area (Å²) in [7, 11) is 1.96. The van der Waals surface area contributed by atoms with Gasteiger partial charge in [-0.2, -0.15) is 0 Å². The van der Waals surface area contributed by atoms with Gasteiger partial charge in [-0.1, -0.05) is 0 Å². The van der Waals surface area contributed by atoms with Crippen molar-refractivity contribution < 1.29 is 4.57 Å². The molecule has 0 unspecified atom stereocenters. The van der Waals surface area contributed by atoms with Gasteiger partial charge in [0, 0.05) is 15.9 Å². The second-order valence-corrected chi connectivity index (χ2v) is 2.27. The molecular formula is C4H6BrN2+. The van der Waals surface area contributed by atoms with Crippen LogP contribution >= 0.6 is 15.9 Å². The normalized spacial score (nSPS) is 9.43. The zero-order valence-corrected chi connectivity index (χ0v) is 5.57. The van der Waals surface area contributed by atoms with E-state index in [4.69, 9.17) is 0 Å². The number of aromatic nitrogens is 2. The Balaban J connectivity index is 3.04. The second-order valence-electron chi connectivity index (χ2n) is 1.42. The molecule has 0 saturated heterocycles. The summed E-state index contributed by atoms with van der Waals surface area (Å²) in [6.07, 6.45) is 3.81. The summed E-state index contributed by atoms with van der Waals surface area (Å²) >= 11 is 3.26. The zero-order chi connectivity index (χ0) is 5.28. The van der Waals surface area contributed by atoms with Crippen LogP contribution in [0.3, 0.4) is 0 Å². The predicted molar refractivity (Wildman–Crippen MR) is 29.7 cm³/mol. The van der Waals surface area contributed by atoms with Crippen molar-refractivity contribution in [3.63, 3.8) is 0 Å². The molecule has 0 atom stereocenters. The lowest BCUT2D eigenvalue weighted by Gasteiger charge is -1.67. The van der Waals surface area contributed by atoms with Gasteiger partial charge in [-0.15, -0.1) is 0 Å². The van der Waals surface area contributed by atoms with Crippen LogP contribution in [0.1, 0.15) is 0 Å². The Hall–Kier alpha value is -0.310. The molecule has 0 bridgehead atoms. The van der Waals surface area contributed by atoms with E-state index in [2.05, 4.69) is 20.9 Å². The zero-order valence-electron chi connectivity index (χ0n) is 3.98. The average Bonchev–Trinajstić information content (AvgIpc) is 1.87. The monoisotopic (exact) mass is 161 g/mol. The number of hydrogen-bond donors (Lipinski definition) is 1. The van der Waals surface area contributed by atoms with E-state index >= 15 is 0 Å². The van der Waals surface area contributed by atoms with Gasteiger partial charge < -0.3 is 0 Å². The van der Waals surface area contributed by atoms with E-state index in [9.17, 15) is 0 Å². The third kappa shape index (κ3) is 1.03. The molecule has 0 aliphatic carbocycles. The van der Waals surface area contributed by atoms with Gasteiger partial charge in [0.05, 0.1) is 7.05 Å². The fraction of sp³-hybridized carbons (Fsp3) is 0.250. The van der Waals surface area contributed by atoms with Crippen molar-refractivity contribution in [2.24, 2.45) is 7.05 Å². The first-order valence-corrected chi connectivity index (χ1v) is 2.77. The minimum absolute atomic E-state index is 1.01. The molecule has 1 heterocycles. The smallest absolute Gasteiger partial charge is 0.238 e. The number of aromatic amines is 1. The quantitative estimate of drug-likeness (QED) is 0.539. The first-order valence-electron chi connectivity index (χ1n) is 1.98. The SMILES string of the molecule is C[n+]1c[nH]c(Br)c1. The van der Waals surface area contributed by atoms with Gasteiger partial charge in [0.15, 0.2) is 0 Å². The number of nitrogens with one attached hydrogen (secondary N) is 1. The first-order chi connectivity index (χ1) is 3.29. The van der Waals surface area contributed by atoms with Crippen LogP contribution in [0.15, 0.2) is 17.1 Å². The van der Waals surface area contributed by atoms with Crippen LogP contribution in [-0.2, 0) is 7.05 Å². The molecular weight excluding hydrogens is 156 g/mol. The van der Waals surface area contributed by atoms with Crippen molar-refractivity contribution in [1.29, 1.82) is 0 Å². The standard InChI is InChI=1S/C4H5BrN2/c1-7-2-4(5)6-3-7/h2-3H,1H3/p+1. The Morgan fingerprint density at radius 2 is 2.57 bits per heavy atom. The van der Waals surface area contributed by atoms with Gasteiger partial charge in [0.25, 0.3) is 0 Å². The molecule has 1 aromatic heterocycles. The highest BCUT2D eigenvalue weighted by molar-refractivity contribution is 9.10. The van der Waals surface area contributed by atoms with Crippen molar-refractivity contribution in [2.45, 2.75) is 0 Å². The highest BCUT2D eigenvalue weighted by Crippen LogP contribution is 1.97. The topological polar surface area (TPSA) is 19.7 Å². The molecule has 0 radical (unpaired) electrons. The highest BCUT2D eigenvalue weighted by atomic mass is 79.9. The number of nitrogens with zero attached hydrogens (tertiary/aromatic N) is 1. The van der Waals surface area contributed by atoms with Crippen LogP contribution in [0, 0.1) is 0 Å². The van der Waals surface area contributed by atoms with Crippen LogP contribution < -0.4 is 4.57 Å². The van der Waals surface area contributed by atoms with E-state index in [1.807, 2.05) is 24.1 Å². The molecule has 0 aromatic carbocycles. The van der Waals surface area contributed by atoms with Crippen LogP contribution in [0.2, 0.25) is 0 Å².